The number of hydrogen-bond acceptors (Lipinski definition) is 1. The topological polar surface area (TPSA) is 9.23 Å². The third-order valence-corrected chi connectivity index (χ3v) is 4.35. The van der Waals surface area contributed by atoms with Crippen molar-refractivity contribution in [3.63, 3.8) is 0 Å². The van der Waals surface area contributed by atoms with Gasteiger partial charge in [0, 0.05) is 15.6 Å². The van der Waals surface area contributed by atoms with Gasteiger partial charge in [-0.3, -0.25) is 0 Å². The molecule has 1 atom stereocenters. The second kappa shape index (κ2) is 6.52. The van der Waals surface area contributed by atoms with Crippen molar-refractivity contribution in [2.24, 2.45) is 0 Å². The van der Waals surface area contributed by atoms with Crippen LogP contribution in [0.25, 0.3) is 0 Å². The van der Waals surface area contributed by atoms with Gasteiger partial charge in [-0.05, 0) is 45.8 Å². The largest absolute Gasteiger partial charge is 0.495 e. The monoisotopic (exact) mass is 396 g/mol. The first-order valence-electron chi connectivity index (χ1n) is 5.56. The third kappa shape index (κ3) is 3.22. The molecule has 0 aliphatic carbocycles. The van der Waals surface area contributed by atoms with Gasteiger partial charge >= 0.3 is 0 Å². The van der Waals surface area contributed by atoms with Gasteiger partial charge in [0.05, 0.1) is 17.0 Å². The van der Waals surface area contributed by atoms with Crippen molar-refractivity contribution in [2.45, 2.75) is 5.38 Å². The maximum Gasteiger partial charge on any atom is 0.138 e. The summed E-state index contributed by atoms with van der Waals surface area (Å²) in [5, 5.41) is 0.160. The lowest BCUT2D eigenvalue weighted by molar-refractivity contribution is 0.407. The first kappa shape index (κ1) is 15.9. The van der Waals surface area contributed by atoms with E-state index in [1.165, 1.54) is 19.2 Å². The lowest BCUT2D eigenvalue weighted by Crippen LogP contribution is -1.99. The van der Waals surface area contributed by atoms with Crippen LogP contribution in [0.3, 0.4) is 0 Å². The summed E-state index contributed by atoms with van der Waals surface area (Å²) in [4.78, 5) is 0. The first-order valence-corrected chi connectivity index (χ1v) is 7.54. The predicted molar refractivity (Wildman–Crippen MR) is 84.8 cm³/mol. The van der Waals surface area contributed by atoms with Crippen molar-refractivity contribution in [1.82, 2.24) is 0 Å². The summed E-state index contributed by atoms with van der Waals surface area (Å²) in [7, 11) is 1.54. The van der Waals surface area contributed by atoms with E-state index in [2.05, 4.69) is 15.9 Å². The van der Waals surface area contributed by atoms with Crippen molar-refractivity contribution >= 4 is 50.7 Å². The molecule has 2 rings (SSSR count). The van der Waals surface area contributed by atoms with Crippen molar-refractivity contribution in [3.05, 3.63) is 61.8 Å². The van der Waals surface area contributed by atoms with Crippen molar-refractivity contribution in [1.29, 1.82) is 0 Å². The summed E-state index contributed by atoms with van der Waals surface area (Å²) in [6.07, 6.45) is 0. The van der Waals surface area contributed by atoms with Gasteiger partial charge in [0.1, 0.15) is 11.6 Å². The molecular formula is C14H9BrCl3FO. The summed E-state index contributed by atoms with van der Waals surface area (Å²) >= 11 is 21.9. The van der Waals surface area contributed by atoms with Crippen LogP contribution in [0.1, 0.15) is 16.5 Å². The SMILES string of the molecule is COc1c(Br)cc(Cl)cc1C(Cl)c1ccc(F)cc1Cl. The predicted octanol–water partition coefficient (Wildman–Crippen LogP) is 6.23. The Morgan fingerprint density at radius 2 is 1.85 bits per heavy atom. The number of rotatable bonds is 3. The Bertz CT molecular complexity index is 649. The minimum absolute atomic E-state index is 0.253. The number of ether oxygens (including phenoxy) is 1. The fourth-order valence-electron chi connectivity index (χ4n) is 1.86. The summed E-state index contributed by atoms with van der Waals surface area (Å²) < 4.78 is 19.1. The molecule has 1 unspecified atom stereocenters. The van der Waals surface area contributed by atoms with Crippen LogP contribution < -0.4 is 4.74 Å². The lowest BCUT2D eigenvalue weighted by Gasteiger charge is -2.17. The number of alkyl halides is 1. The van der Waals surface area contributed by atoms with E-state index in [0.29, 0.717) is 26.4 Å². The third-order valence-electron chi connectivity index (χ3n) is 2.75. The number of halogens is 5. The van der Waals surface area contributed by atoms with E-state index in [9.17, 15) is 4.39 Å². The Labute approximate surface area is 139 Å². The van der Waals surface area contributed by atoms with Crippen LogP contribution in [0.2, 0.25) is 10.0 Å². The summed E-state index contributed by atoms with van der Waals surface area (Å²) in [5.74, 6) is 0.150. The van der Waals surface area contributed by atoms with Gasteiger partial charge < -0.3 is 4.74 Å². The Morgan fingerprint density at radius 3 is 2.45 bits per heavy atom. The zero-order valence-corrected chi connectivity index (χ0v) is 14.1. The second-order valence-corrected chi connectivity index (χ2v) is 6.17. The van der Waals surface area contributed by atoms with E-state index in [0.717, 1.165) is 0 Å². The molecule has 0 heterocycles. The normalized spacial score (nSPS) is 12.3. The fourth-order valence-corrected chi connectivity index (χ4v) is 3.54. The van der Waals surface area contributed by atoms with Crippen molar-refractivity contribution in [2.75, 3.05) is 7.11 Å². The Balaban J connectivity index is 2.55. The first-order chi connectivity index (χ1) is 9.43. The molecule has 0 aromatic heterocycles. The van der Waals surface area contributed by atoms with E-state index >= 15 is 0 Å². The van der Waals surface area contributed by atoms with E-state index < -0.39 is 11.2 Å². The van der Waals surface area contributed by atoms with Crippen LogP contribution in [0.4, 0.5) is 4.39 Å². The number of benzene rings is 2. The highest BCUT2D eigenvalue weighted by molar-refractivity contribution is 9.10. The molecule has 106 valence electrons. The highest BCUT2D eigenvalue weighted by Gasteiger charge is 2.21. The van der Waals surface area contributed by atoms with Gasteiger partial charge in [-0.15, -0.1) is 11.6 Å². The van der Waals surface area contributed by atoms with Crippen molar-refractivity contribution in [3.8, 4) is 5.75 Å². The molecule has 2 aromatic carbocycles. The molecule has 20 heavy (non-hydrogen) atoms. The lowest BCUT2D eigenvalue weighted by atomic mass is 10.0. The molecule has 6 heteroatoms. The molecule has 0 aliphatic heterocycles. The average Bonchev–Trinajstić information content (AvgIpc) is 2.37. The Hall–Kier alpha value is -0.480. The highest BCUT2D eigenvalue weighted by atomic mass is 79.9. The van der Waals surface area contributed by atoms with E-state index in [1.807, 2.05) is 0 Å². The van der Waals surface area contributed by atoms with Gasteiger partial charge in [-0.1, -0.05) is 29.3 Å². The fraction of sp³-hybridized carbons (Fsp3) is 0.143. The van der Waals surface area contributed by atoms with Crippen LogP contribution in [-0.2, 0) is 0 Å². The summed E-state index contributed by atoms with van der Waals surface area (Å²) in [6, 6.07) is 7.48. The molecular weight excluding hydrogens is 389 g/mol. The zero-order chi connectivity index (χ0) is 14.9. The summed E-state index contributed by atoms with van der Waals surface area (Å²) in [5.41, 5.74) is 1.24. The minimum Gasteiger partial charge on any atom is -0.495 e. The molecule has 0 bridgehead atoms. The van der Waals surface area contributed by atoms with Crippen LogP contribution in [0, 0.1) is 5.82 Å². The standard InChI is InChI=1S/C14H9BrCl3FO/c1-20-14-10(4-7(16)5-11(14)15)13(18)9-3-2-8(19)6-12(9)17/h2-6,13H,1H3. The van der Waals surface area contributed by atoms with Crippen LogP contribution >= 0.6 is 50.7 Å². The molecule has 0 radical (unpaired) electrons. The Morgan fingerprint density at radius 1 is 1.15 bits per heavy atom. The number of hydrogen-bond donors (Lipinski definition) is 0. The highest BCUT2D eigenvalue weighted by Crippen LogP contribution is 2.42. The quantitative estimate of drug-likeness (QED) is 0.557. The van der Waals surface area contributed by atoms with Gasteiger partial charge in [-0.25, -0.2) is 4.39 Å². The molecule has 0 amide bonds. The van der Waals surface area contributed by atoms with E-state index in [-0.39, 0.29) is 5.02 Å². The molecule has 0 aliphatic rings. The molecule has 0 fully saturated rings. The van der Waals surface area contributed by atoms with Crippen LogP contribution in [0.15, 0.2) is 34.8 Å². The number of methoxy groups -OCH3 is 1. The van der Waals surface area contributed by atoms with Crippen LogP contribution in [0.5, 0.6) is 5.75 Å². The van der Waals surface area contributed by atoms with Gasteiger partial charge in [-0.2, -0.15) is 0 Å². The van der Waals surface area contributed by atoms with E-state index in [1.54, 1.807) is 18.2 Å². The maximum absolute atomic E-state index is 13.1. The van der Waals surface area contributed by atoms with Gasteiger partial charge in [0.15, 0.2) is 0 Å². The zero-order valence-electron chi connectivity index (χ0n) is 10.3. The molecule has 0 saturated heterocycles. The minimum atomic E-state index is -0.604. The Kier molecular flexibility index (Phi) is 5.19. The van der Waals surface area contributed by atoms with Gasteiger partial charge in [0.2, 0.25) is 0 Å². The molecule has 1 nitrogen and oxygen atoms in total. The molecule has 2 aromatic rings. The molecule has 0 spiro atoms. The molecule has 0 N–H and O–H groups in total. The molecule has 0 saturated carbocycles. The second-order valence-electron chi connectivity index (χ2n) is 4.04. The maximum atomic E-state index is 13.1. The van der Waals surface area contributed by atoms with E-state index in [4.69, 9.17) is 39.5 Å². The van der Waals surface area contributed by atoms with Gasteiger partial charge in [0.25, 0.3) is 0 Å². The summed E-state index contributed by atoms with van der Waals surface area (Å²) in [6.45, 7) is 0. The van der Waals surface area contributed by atoms with Crippen molar-refractivity contribution < 1.29 is 9.13 Å². The smallest absolute Gasteiger partial charge is 0.138 e. The average molecular weight is 398 g/mol. The van der Waals surface area contributed by atoms with Crippen LogP contribution in [-0.4, -0.2) is 7.11 Å².